The van der Waals surface area contributed by atoms with E-state index in [9.17, 15) is 41.3 Å². The number of anilines is 1. The van der Waals surface area contributed by atoms with E-state index in [1.165, 1.54) is 23.5 Å². The second kappa shape index (κ2) is 13.1. The highest BCUT2D eigenvalue weighted by Crippen LogP contribution is 2.38. The minimum atomic E-state index is -4.86. The van der Waals surface area contributed by atoms with E-state index in [1.54, 1.807) is 4.90 Å². The molecular formula is C29H31F6N5O4S. The second-order valence-corrected chi connectivity index (χ2v) is 12.5. The predicted molar refractivity (Wildman–Crippen MR) is 155 cm³/mol. The minimum Gasteiger partial charge on any atom is -0.382 e. The number of hydrogen-bond donors (Lipinski definition) is 1. The van der Waals surface area contributed by atoms with Gasteiger partial charge in [0.15, 0.2) is 0 Å². The molecule has 1 atom stereocenters. The van der Waals surface area contributed by atoms with E-state index >= 15 is 0 Å². The van der Waals surface area contributed by atoms with Crippen molar-refractivity contribution in [3.63, 3.8) is 0 Å². The molecule has 0 radical (unpaired) electrons. The molecule has 244 valence electrons. The number of piperazine rings is 1. The van der Waals surface area contributed by atoms with Crippen LogP contribution in [0, 0.1) is 10.1 Å². The van der Waals surface area contributed by atoms with Crippen LogP contribution in [-0.2, 0) is 28.4 Å². The zero-order valence-electron chi connectivity index (χ0n) is 24.2. The van der Waals surface area contributed by atoms with Gasteiger partial charge in [0, 0.05) is 43.5 Å². The predicted octanol–water partition coefficient (Wildman–Crippen LogP) is 6.71. The summed E-state index contributed by atoms with van der Waals surface area (Å²) >= 11 is 1.35. The van der Waals surface area contributed by atoms with Gasteiger partial charge in [-0.1, -0.05) is 0 Å². The Bertz CT molecular complexity index is 1540. The van der Waals surface area contributed by atoms with Crippen molar-refractivity contribution in [2.24, 2.45) is 0 Å². The van der Waals surface area contributed by atoms with E-state index in [1.807, 2.05) is 6.92 Å². The Kier molecular flexibility index (Phi) is 9.56. The average Bonchev–Trinajstić information content (AvgIpc) is 3.37. The highest BCUT2D eigenvalue weighted by atomic mass is 32.1. The third-order valence-corrected chi connectivity index (χ3v) is 9.16. The molecule has 0 spiro atoms. The first-order valence-corrected chi connectivity index (χ1v) is 15.2. The molecular weight excluding hydrogens is 628 g/mol. The molecule has 5 rings (SSSR count). The van der Waals surface area contributed by atoms with Crippen LogP contribution in [0.5, 0.6) is 0 Å². The molecule has 0 unspecified atom stereocenters. The van der Waals surface area contributed by atoms with E-state index in [4.69, 9.17) is 4.74 Å². The molecule has 1 saturated heterocycles. The van der Waals surface area contributed by atoms with Gasteiger partial charge in [-0.05, 0) is 62.9 Å². The molecule has 2 aliphatic rings. The number of aromatic nitrogens is 1. The molecule has 2 fully saturated rings. The number of benzene rings is 2. The first-order chi connectivity index (χ1) is 21.2. The smallest absolute Gasteiger partial charge is 0.382 e. The largest absolute Gasteiger partial charge is 0.423 e. The number of nitrogens with zero attached hydrogens (tertiary/aromatic N) is 4. The summed E-state index contributed by atoms with van der Waals surface area (Å²) in [6, 6.07) is 6.18. The van der Waals surface area contributed by atoms with Gasteiger partial charge in [0.05, 0.1) is 33.4 Å². The molecule has 16 heteroatoms. The van der Waals surface area contributed by atoms with Gasteiger partial charge in [-0.2, -0.15) is 26.3 Å². The van der Waals surface area contributed by atoms with Crippen LogP contribution < -0.4 is 5.32 Å². The summed E-state index contributed by atoms with van der Waals surface area (Å²) in [5.74, 6) is -0.146. The molecule has 45 heavy (non-hydrogen) atoms. The van der Waals surface area contributed by atoms with Gasteiger partial charge in [0.2, 0.25) is 5.91 Å². The van der Waals surface area contributed by atoms with Crippen molar-refractivity contribution < 1.29 is 40.8 Å². The van der Waals surface area contributed by atoms with Crippen molar-refractivity contribution in [1.82, 2.24) is 14.8 Å². The highest BCUT2D eigenvalue weighted by Gasteiger charge is 2.39. The SMILES string of the molecule is C[C@@H]1CN(Cc2nc3cc(C(F)(F)F)ccc3s2)CCN1C(=O)COC1CCC(Nc2ccc([N+](=O)[O-])c(C(F)(F)F)c2)CC1. The van der Waals surface area contributed by atoms with Crippen LogP contribution in [0.15, 0.2) is 36.4 Å². The van der Waals surface area contributed by atoms with E-state index in [0.717, 1.165) is 24.3 Å². The zero-order chi connectivity index (χ0) is 32.5. The molecule has 9 nitrogen and oxygen atoms in total. The van der Waals surface area contributed by atoms with Crippen LogP contribution in [0.4, 0.5) is 37.7 Å². The molecule has 2 aromatic carbocycles. The topological polar surface area (TPSA) is 101 Å². The van der Waals surface area contributed by atoms with Crippen LogP contribution in [-0.4, -0.2) is 70.0 Å². The van der Waals surface area contributed by atoms with Gasteiger partial charge in [-0.25, -0.2) is 4.98 Å². The number of hydrogen-bond acceptors (Lipinski definition) is 8. The average molecular weight is 660 g/mol. The first kappa shape index (κ1) is 32.9. The standard InChI is InChI=1S/C29H31F6N5O4S/c1-17-14-38(15-26-37-23-12-18(28(30,31)32)2-9-25(23)45-26)10-11-39(17)27(41)16-44-21-6-3-19(4-7-21)36-20-5-8-24(40(42)43)22(13-20)29(33,34)35/h2,5,8-9,12-13,17,19,21,36H,3-4,6-7,10-11,14-16H2,1H3/t17-,19?,21?/m1/s1. The quantitative estimate of drug-likeness (QED) is 0.163. The molecule has 0 bridgehead atoms. The number of halogens is 6. The molecule has 1 saturated carbocycles. The number of carbonyl (C=O) groups excluding carboxylic acids is 1. The Morgan fingerprint density at radius 3 is 2.44 bits per heavy atom. The third kappa shape index (κ3) is 8.02. The zero-order valence-corrected chi connectivity index (χ0v) is 25.0. The maximum atomic E-state index is 13.3. The number of rotatable bonds is 8. The van der Waals surface area contributed by atoms with E-state index in [2.05, 4.69) is 15.2 Å². The molecule has 1 amide bonds. The fraction of sp³-hybridized carbons (Fsp3) is 0.517. The molecule has 3 aromatic rings. The van der Waals surface area contributed by atoms with Gasteiger partial charge >= 0.3 is 12.4 Å². The van der Waals surface area contributed by atoms with Crippen LogP contribution in [0.1, 0.15) is 48.7 Å². The van der Waals surface area contributed by atoms with Crippen LogP contribution in [0.25, 0.3) is 10.2 Å². The number of ether oxygens (including phenoxy) is 1. The van der Waals surface area contributed by atoms with Crippen LogP contribution >= 0.6 is 11.3 Å². The third-order valence-electron chi connectivity index (χ3n) is 8.14. The van der Waals surface area contributed by atoms with Gasteiger partial charge in [-0.15, -0.1) is 11.3 Å². The second-order valence-electron chi connectivity index (χ2n) is 11.4. The summed E-state index contributed by atoms with van der Waals surface area (Å²) in [7, 11) is 0. The number of nitro benzene ring substituents is 1. The normalized spacial score (nSPS) is 21.7. The van der Waals surface area contributed by atoms with Crippen molar-refractivity contribution in [1.29, 1.82) is 0 Å². The molecule has 1 aliphatic carbocycles. The molecule has 1 aromatic heterocycles. The van der Waals surface area contributed by atoms with Crippen molar-refractivity contribution in [2.45, 2.75) is 69.7 Å². The van der Waals surface area contributed by atoms with Crippen LogP contribution in [0.3, 0.4) is 0 Å². The van der Waals surface area contributed by atoms with Crippen LogP contribution in [0.2, 0.25) is 0 Å². The lowest BCUT2D eigenvalue weighted by atomic mass is 9.92. The number of fused-ring (bicyclic) bond motifs is 1. The number of nitrogens with one attached hydrogen (secondary N) is 1. The lowest BCUT2D eigenvalue weighted by Crippen LogP contribution is -2.54. The number of thiazole rings is 1. The van der Waals surface area contributed by atoms with Crippen molar-refractivity contribution in [3.8, 4) is 0 Å². The summed E-state index contributed by atoms with van der Waals surface area (Å²) in [5.41, 5.74) is -2.56. The van der Waals surface area contributed by atoms with E-state index in [-0.39, 0.29) is 36.4 Å². The van der Waals surface area contributed by atoms with Gasteiger partial charge < -0.3 is 15.0 Å². The lowest BCUT2D eigenvalue weighted by molar-refractivity contribution is -0.388. The number of nitro groups is 1. The van der Waals surface area contributed by atoms with E-state index in [0.29, 0.717) is 67.1 Å². The van der Waals surface area contributed by atoms with E-state index < -0.39 is 34.1 Å². The Morgan fingerprint density at radius 2 is 1.80 bits per heavy atom. The Balaban J connectivity index is 1.06. The molecule has 2 heterocycles. The summed E-state index contributed by atoms with van der Waals surface area (Å²) in [4.78, 5) is 31.2. The van der Waals surface area contributed by atoms with Crippen molar-refractivity contribution >= 4 is 38.8 Å². The fourth-order valence-electron chi connectivity index (χ4n) is 5.85. The number of carbonyl (C=O) groups is 1. The summed E-state index contributed by atoms with van der Waals surface area (Å²) in [6.07, 6.45) is -7.08. The van der Waals surface area contributed by atoms with Gasteiger partial charge in [0.1, 0.15) is 17.2 Å². The van der Waals surface area contributed by atoms with Gasteiger partial charge in [-0.3, -0.25) is 19.8 Å². The highest BCUT2D eigenvalue weighted by molar-refractivity contribution is 7.18. The molecule has 1 aliphatic heterocycles. The number of alkyl halides is 6. The summed E-state index contributed by atoms with van der Waals surface area (Å²) in [6.45, 7) is 3.93. The fourth-order valence-corrected chi connectivity index (χ4v) is 6.84. The maximum Gasteiger partial charge on any atom is 0.423 e. The summed E-state index contributed by atoms with van der Waals surface area (Å²) < 4.78 is 85.6. The summed E-state index contributed by atoms with van der Waals surface area (Å²) in [5, 5.41) is 14.7. The Labute approximate surface area is 258 Å². The monoisotopic (exact) mass is 659 g/mol. The van der Waals surface area contributed by atoms with Crippen molar-refractivity contribution in [2.75, 3.05) is 31.6 Å². The minimum absolute atomic E-state index is 0.0934. The van der Waals surface area contributed by atoms with Crippen molar-refractivity contribution in [3.05, 3.63) is 62.6 Å². The Morgan fingerprint density at radius 1 is 1.07 bits per heavy atom. The maximum absolute atomic E-state index is 13.3. The Hall–Kier alpha value is -3.50. The lowest BCUT2D eigenvalue weighted by Gasteiger charge is -2.40. The molecule has 1 N–H and O–H groups in total. The first-order valence-electron chi connectivity index (χ1n) is 14.4. The van der Waals surface area contributed by atoms with Gasteiger partial charge in [0.25, 0.3) is 5.69 Å². The number of amides is 1.